The quantitative estimate of drug-likeness (QED) is 0.0564. The van der Waals surface area contributed by atoms with Gasteiger partial charge in [0.2, 0.25) is 17.7 Å². The van der Waals surface area contributed by atoms with E-state index in [4.69, 9.17) is 22.3 Å². The summed E-state index contributed by atoms with van der Waals surface area (Å²) < 4.78 is 0. The van der Waals surface area contributed by atoms with Gasteiger partial charge in [-0.1, -0.05) is 32.4 Å². The van der Waals surface area contributed by atoms with Gasteiger partial charge in [0, 0.05) is 19.4 Å². The first kappa shape index (κ1) is 34.6. The molecule has 5 atom stereocenters. The molecule has 1 rings (SSSR count). The second kappa shape index (κ2) is 17.3. The summed E-state index contributed by atoms with van der Waals surface area (Å²) in [7, 11) is 0. The van der Waals surface area contributed by atoms with Gasteiger partial charge in [0.15, 0.2) is 5.96 Å². The number of carbonyl (C=O) groups is 5. The molecule has 1 aromatic rings. The molecule has 0 aliphatic rings. The fraction of sp³-hybridized carbons (Fsp3) is 0.538. The van der Waals surface area contributed by atoms with Crippen molar-refractivity contribution in [1.29, 1.82) is 0 Å². The molecule has 228 valence electrons. The van der Waals surface area contributed by atoms with E-state index >= 15 is 0 Å². The third kappa shape index (κ3) is 13.0. The van der Waals surface area contributed by atoms with Gasteiger partial charge in [-0.05, 0) is 42.9 Å². The topological polar surface area (TPSA) is 273 Å². The fourth-order valence-corrected chi connectivity index (χ4v) is 3.74. The standard InChI is InChI=1S/C26H41N7O8/c1-3-14(2)21(24(39)31-18(25(40)41)5-4-12-30-26(28)29)33-23(38)19(13-15-6-8-16(34)9-7-15)32-22(37)17(27)10-11-20(35)36/h6-9,14,17-19,21,34H,3-5,10-13,27H2,1-2H3,(H,31,39)(H,32,37)(H,33,38)(H,35,36)(H,40,41)(H4,28,29,30). The zero-order valence-corrected chi connectivity index (χ0v) is 23.2. The molecule has 0 aromatic heterocycles. The smallest absolute Gasteiger partial charge is 0.326 e. The number of carboxylic acid groups (broad SMARTS) is 2. The molecule has 0 aliphatic carbocycles. The summed E-state index contributed by atoms with van der Waals surface area (Å²) in [5, 5.41) is 35.6. The molecule has 0 saturated carbocycles. The molecule has 0 spiro atoms. The lowest BCUT2D eigenvalue weighted by Crippen LogP contribution is -2.59. The van der Waals surface area contributed by atoms with Crippen LogP contribution >= 0.6 is 0 Å². The van der Waals surface area contributed by atoms with Crippen molar-refractivity contribution in [3.63, 3.8) is 0 Å². The van der Waals surface area contributed by atoms with E-state index in [0.29, 0.717) is 12.0 Å². The number of nitrogens with two attached hydrogens (primary N) is 3. The summed E-state index contributed by atoms with van der Waals surface area (Å²) >= 11 is 0. The summed E-state index contributed by atoms with van der Waals surface area (Å²) in [5.41, 5.74) is 16.9. The van der Waals surface area contributed by atoms with E-state index in [1.54, 1.807) is 26.0 Å². The summed E-state index contributed by atoms with van der Waals surface area (Å²) in [4.78, 5) is 65.7. The molecule has 0 heterocycles. The van der Waals surface area contributed by atoms with Crippen LogP contribution in [0.3, 0.4) is 0 Å². The van der Waals surface area contributed by atoms with Crippen LogP contribution in [0, 0.1) is 5.92 Å². The summed E-state index contributed by atoms with van der Waals surface area (Å²) in [6.45, 7) is 3.66. The number of hydrogen-bond acceptors (Lipinski definition) is 8. The first-order valence-electron chi connectivity index (χ1n) is 13.2. The Bertz CT molecular complexity index is 1080. The van der Waals surface area contributed by atoms with Gasteiger partial charge < -0.3 is 48.5 Å². The number of phenolic OH excluding ortho intramolecular Hbond substituents is 1. The highest BCUT2D eigenvalue weighted by Gasteiger charge is 2.33. The normalized spacial score (nSPS) is 14.4. The Kier molecular flexibility index (Phi) is 14.6. The van der Waals surface area contributed by atoms with E-state index in [0.717, 1.165) is 0 Å². The maximum atomic E-state index is 13.4. The molecule has 0 aliphatic heterocycles. The third-order valence-electron chi connectivity index (χ3n) is 6.37. The lowest BCUT2D eigenvalue weighted by Gasteiger charge is -2.28. The average molecular weight is 580 g/mol. The number of aliphatic imine (C=N–C) groups is 1. The highest BCUT2D eigenvalue weighted by molar-refractivity contribution is 5.94. The Hall–Kier alpha value is -4.40. The van der Waals surface area contributed by atoms with Gasteiger partial charge in [-0.2, -0.15) is 0 Å². The van der Waals surface area contributed by atoms with Gasteiger partial charge >= 0.3 is 11.9 Å². The van der Waals surface area contributed by atoms with Crippen LogP contribution in [0.5, 0.6) is 5.75 Å². The minimum atomic E-state index is -1.27. The van der Waals surface area contributed by atoms with Gasteiger partial charge in [0.1, 0.15) is 23.9 Å². The predicted molar refractivity (Wildman–Crippen MR) is 149 cm³/mol. The monoisotopic (exact) mass is 579 g/mol. The van der Waals surface area contributed by atoms with E-state index in [1.165, 1.54) is 12.1 Å². The Morgan fingerprint density at radius 1 is 0.902 bits per heavy atom. The molecule has 0 bridgehead atoms. The Morgan fingerprint density at radius 3 is 2.05 bits per heavy atom. The van der Waals surface area contributed by atoms with E-state index in [9.17, 15) is 34.2 Å². The fourth-order valence-electron chi connectivity index (χ4n) is 3.74. The van der Waals surface area contributed by atoms with E-state index in [2.05, 4.69) is 20.9 Å². The maximum absolute atomic E-state index is 13.4. The number of phenols is 1. The molecule has 15 heteroatoms. The van der Waals surface area contributed by atoms with E-state index in [1.807, 2.05) is 0 Å². The second-order valence-corrected chi connectivity index (χ2v) is 9.69. The third-order valence-corrected chi connectivity index (χ3v) is 6.37. The predicted octanol–water partition coefficient (Wildman–Crippen LogP) is -1.23. The summed E-state index contributed by atoms with van der Waals surface area (Å²) in [6, 6.07) is 1.06. The van der Waals surface area contributed by atoms with Crippen molar-refractivity contribution in [3.05, 3.63) is 29.8 Å². The molecule has 3 amide bonds. The van der Waals surface area contributed by atoms with Crippen LogP contribution in [-0.2, 0) is 30.4 Å². The number of aliphatic carboxylic acids is 2. The number of rotatable bonds is 18. The van der Waals surface area contributed by atoms with Crippen molar-refractivity contribution in [1.82, 2.24) is 16.0 Å². The number of benzene rings is 1. The van der Waals surface area contributed by atoms with E-state index in [-0.39, 0.29) is 50.4 Å². The van der Waals surface area contributed by atoms with E-state index < -0.39 is 59.7 Å². The lowest BCUT2D eigenvalue weighted by molar-refractivity contribution is -0.143. The Labute approximate surface area is 237 Å². The number of guanidine groups is 1. The first-order chi connectivity index (χ1) is 19.2. The van der Waals surface area contributed by atoms with Crippen molar-refractivity contribution in [2.45, 2.75) is 76.5 Å². The number of nitrogens with one attached hydrogen (secondary N) is 3. The second-order valence-electron chi connectivity index (χ2n) is 9.69. The highest BCUT2D eigenvalue weighted by atomic mass is 16.4. The number of carbonyl (C=O) groups excluding carboxylic acids is 3. The first-order valence-corrected chi connectivity index (χ1v) is 13.2. The zero-order valence-electron chi connectivity index (χ0n) is 23.2. The van der Waals surface area contributed by atoms with Crippen molar-refractivity contribution >= 4 is 35.6 Å². The zero-order chi connectivity index (χ0) is 31.1. The number of hydrogen-bond donors (Lipinski definition) is 9. The van der Waals surface area contributed by atoms with Crippen LogP contribution in [0.1, 0.15) is 51.5 Å². The average Bonchev–Trinajstić information content (AvgIpc) is 2.91. The minimum absolute atomic E-state index is 0.00531. The minimum Gasteiger partial charge on any atom is -0.508 e. The van der Waals surface area contributed by atoms with Crippen LogP contribution in [0.25, 0.3) is 0 Å². The molecule has 12 N–H and O–H groups in total. The van der Waals surface area contributed by atoms with Gasteiger partial charge in [0.05, 0.1) is 6.04 Å². The molecule has 1 aromatic carbocycles. The largest absolute Gasteiger partial charge is 0.508 e. The van der Waals surface area contributed by atoms with Crippen molar-refractivity contribution < 1.29 is 39.3 Å². The Morgan fingerprint density at radius 2 is 1.51 bits per heavy atom. The number of carboxylic acids is 2. The van der Waals surface area contributed by atoms with Crippen LogP contribution in [0.2, 0.25) is 0 Å². The Balaban J connectivity index is 3.12. The van der Waals surface area contributed by atoms with Gasteiger partial charge in [-0.25, -0.2) is 4.79 Å². The van der Waals surface area contributed by atoms with Crippen molar-refractivity contribution in [2.75, 3.05) is 6.54 Å². The molecule has 0 fully saturated rings. The SMILES string of the molecule is CCC(C)C(NC(=O)C(Cc1ccc(O)cc1)NC(=O)C(N)CCC(=O)O)C(=O)NC(CCCN=C(N)N)C(=O)O. The molecule has 0 radical (unpaired) electrons. The molecule has 5 unspecified atom stereocenters. The number of aromatic hydroxyl groups is 1. The van der Waals surface area contributed by atoms with Crippen LogP contribution in [0.15, 0.2) is 29.3 Å². The van der Waals surface area contributed by atoms with Crippen LogP contribution in [-0.4, -0.2) is 81.7 Å². The maximum Gasteiger partial charge on any atom is 0.326 e. The van der Waals surface area contributed by atoms with Gasteiger partial charge in [-0.3, -0.25) is 24.2 Å². The van der Waals surface area contributed by atoms with Gasteiger partial charge in [-0.15, -0.1) is 0 Å². The number of nitrogens with zero attached hydrogens (tertiary/aromatic N) is 1. The molecule has 0 saturated heterocycles. The van der Waals surface area contributed by atoms with Crippen molar-refractivity contribution in [2.24, 2.45) is 28.1 Å². The van der Waals surface area contributed by atoms with Crippen LogP contribution in [0.4, 0.5) is 0 Å². The lowest BCUT2D eigenvalue weighted by atomic mass is 9.96. The highest BCUT2D eigenvalue weighted by Crippen LogP contribution is 2.14. The summed E-state index contributed by atoms with van der Waals surface area (Å²) in [5.74, 6) is -5.20. The molecular formula is C26H41N7O8. The van der Waals surface area contributed by atoms with Crippen molar-refractivity contribution in [3.8, 4) is 5.75 Å². The number of amides is 3. The molecular weight excluding hydrogens is 538 g/mol. The molecule has 41 heavy (non-hydrogen) atoms. The van der Waals surface area contributed by atoms with Crippen LogP contribution < -0.4 is 33.2 Å². The summed E-state index contributed by atoms with van der Waals surface area (Å²) in [6.07, 6.45) is 0.213. The van der Waals surface area contributed by atoms with Gasteiger partial charge in [0.25, 0.3) is 0 Å². The molecule has 15 nitrogen and oxygen atoms in total.